The standard InChI is InChI=1S/C25H26ClFN6O4S/c26-21-12-22(27)23(11-20(21)24(34)31-19-4-2-10-29-15-19)38(36,37)33-18-7-5-17(6-8-18)32-25(35)30-14-16-3-1-9-28-13-16/h1,3,5-9,11-13,19,29,33H,2,4,10,14-15H2,(H,31,34)(H2,30,32,35). The van der Waals surface area contributed by atoms with Gasteiger partial charge in [0.25, 0.3) is 15.9 Å². The van der Waals surface area contributed by atoms with Crippen LogP contribution in [-0.4, -0.2) is 44.5 Å². The van der Waals surface area contributed by atoms with Crippen LogP contribution in [0.5, 0.6) is 0 Å². The van der Waals surface area contributed by atoms with Gasteiger partial charge in [-0.05, 0) is 67.4 Å². The molecule has 1 aliphatic rings. The molecule has 1 fully saturated rings. The predicted octanol–water partition coefficient (Wildman–Crippen LogP) is 3.48. The second-order valence-electron chi connectivity index (χ2n) is 8.63. The number of carbonyl (C=O) groups excluding carboxylic acids is 2. The molecule has 0 bridgehead atoms. The number of aromatic nitrogens is 1. The van der Waals surface area contributed by atoms with Crippen LogP contribution >= 0.6 is 11.6 Å². The molecule has 0 aliphatic carbocycles. The van der Waals surface area contributed by atoms with Gasteiger partial charge in [-0.25, -0.2) is 17.6 Å². The quantitative estimate of drug-likeness (QED) is 0.286. The molecule has 38 heavy (non-hydrogen) atoms. The molecule has 2 heterocycles. The Morgan fingerprint density at radius 2 is 1.89 bits per heavy atom. The van der Waals surface area contributed by atoms with Gasteiger partial charge in [0.15, 0.2) is 0 Å². The van der Waals surface area contributed by atoms with E-state index in [0.717, 1.165) is 37.1 Å². The van der Waals surface area contributed by atoms with E-state index in [4.69, 9.17) is 11.6 Å². The van der Waals surface area contributed by atoms with Crippen molar-refractivity contribution in [2.24, 2.45) is 0 Å². The van der Waals surface area contributed by atoms with Gasteiger partial charge < -0.3 is 21.3 Å². The number of hydrogen-bond acceptors (Lipinski definition) is 6. The lowest BCUT2D eigenvalue weighted by molar-refractivity contribution is 0.0930. The third kappa shape index (κ3) is 7.18. The largest absolute Gasteiger partial charge is 0.348 e. The normalized spacial score (nSPS) is 15.4. The number of rotatable bonds is 8. The molecule has 1 aliphatic heterocycles. The zero-order chi connectivity index (χ0) is 27.1. The topological polar surface area (TPSA) is 141 Å². The molecule has 0 saturated carbocycles. The first kappa shape index (κ1) is 27.3. The van der Waals surface area contributed by atoms with Gasteiger partial charge in [-0.15, -0.1) is 0 Å². The molecule has 0 spiro atoms. The van der Waals surface area contributed by atoms with Crippen LogP contribution in [0.4, 0.5) is 20.6 Å². The van der Waals surface area contributed by atoms with E-state index in [1.807, 2.05) is 6.07 Å². The number of pyridine rings is 1. The monoisotopic (exact) mass is 560 g/mol. The summed E-state index contributed by atoms with van der Waals surface area (Å²) in [6.07, 6.45) is 4.91. The second-order valence-corrected chi connectivity index (χ2v) is 10.7. The number of amides is 3. The highest BCUT2D eigenvalue weighted by Gasteiger charge is 2.25. The molecule has 3 amide bonds. The van der Waals surface area contributed by atoms with Gasteiger partial charge in [-0.1, -0.05) is 17.7 Å². The van der Waals surface area contributed by atoms with Crippen LogP contribution in [0.25, 0.3) is 0 Å². The Labute approximate surface area is 224 Å². The van der Waals surface area contributed by atoms with Crippen molar-refractivity contribution in [3.63, 3.8) is 0 Å². The zero-order valence-electron chi connectivity index (χ0n) is 20.1. The summed E-state index contributed by atoms with van der Waals surface area (Å²) in [6.45, 7) is 1.71. The van der Waals surface area contributed by atoms with Gasteiger partial charge in [0.1, 0.15) is 10.7 Å². The smallest absolute Gasteiger partial charge is 0.319 e. The lowest BCUT2D eigenvalue weighted by Gasteiger charge is -2.24. The van der Waals surface area contributed by atoms with Crippen LogP contribution < -0.4 is 26.0 Å². The minimum absolute atomic E-state index is 0.125. The third-order valence-corrected chi connectivity index (χ3v) is 7.47. The van der Waals surface area contributed by atoms with Crippen molar-refractivity contribution < 1.29 is 22.4 Å². The van der Waals surface area contributed by atoms with E-state index in [-0.39, 0.29) is 28.9 Å². The number of urea groups is 1. The van der Waals surface area contributed by atoms with Crippen molar-refractivity contribution in [3.8, 4) is 0 Å². The van der Waals surface area contributed by atoms with Crippen LogP contribution in [0.3, 0.4) is 0 Å². The van der Waals surface area contributed by atoms with E-state index in [0.29, 0.717) is 12.2 Å². The average Bonchev–Trinajstić information content (AvgIpc) is 2.89. The molecule has 1 saturated heterocycles. The number of carbonyl (C=O) groups is 2. The number of piperidine rings is 1. The van der Waals surface area contributed by atoms with E-state index < -0.39 is 32.7 Å². The van der Waals surface area contributed by atoms with E-state index in [9.17, 15) is 22.4 Å². The fourth-order valence-corrected chi connectivity index (χ4v) is 5.22. The number of sulfonamides is 1. The van der Waals surface area contributed by atoms with Crippen molar-refractivity contribution in [2.45, 2.75) is 30.3 Å². The van der Waals surface area contributed by atoms with E-state index >= 15 is 0 Å². The maximum absolute atomic E-state index is 14.6. The predicted molar refractivity (Wildman–Crippen MR) is 142 cm³/mol. The summed E-state index contributed by atoms with van der Waals surface area (Å²) >= 11 is 6.07. The van der Waals surface area contributed by atoms with Crippen molar-refractivity contribution in [1.82, 2.24) is 20.9 Å². The highest BCUT2D eigenvalue weighted by molar-refractivity contribution is 7.92. The summed E-state index contributed by atoms with van der Waals surface area (Å²) < 4.78 is 42.9. The summed E-state index contributed by atoms with van der Waals surface area (Å²) in [5.74, 6) is -1.68. The van der Waals surface area contributed by atoms with E-state index in [1.54, 1.807) is 18.5 Å². The summed E-state index contributed by atoms with van der Waals surface area (Å²) in [5, 5.41) is 11.1. The molecular weight excluding hydrogens is 535 g/mol. The second kappa shape index (κ2) is 12.2. The first-order valence-corrected chi connectivity index (χ1v) is 13.6. The maximum Gasteiger partial charge on any atom is 0.319 e. The van der Waals surface area contributed by atoms with Crippen LogP contribution in [0.2, 0.25) is 5.02 Å². The van der Waals surface area contributed by atoms with Crippen LogP contribution in [0, 0.1) is 5.82 Å². The van der Waals surface area contributed by atoms with Gasteiger partial charge >= 0.3 is 6.03 Å². The molecule has 13 heteroatoms. The van der Waals surface area contributed by atoms with Gasteiger partial charge in [0.2, 0.25) is 0 Å². The minimum atomic E-state index is -4.41. The van der Waals surface area contributed by atoms with Crippen molar-refractivity contribution in [1.29, 1.82) is 0 Å². The van der Waals surface area contributed by atoms with Crippen LogP contribution in [-0.2, 0) is 16.6 Å². The van der Waals surface area contributed by atoms with Crippen molar-refractivity contribution in [3.05, 3.63) is 82.9 Å². The molecule has 200 valence electrons. The van der Waals surface area contributed by atoms with Crippen LogP contribution in [0.15, 0.2) is 65.8 Å². The SMILES string of the molecule is O=C(NCc1cccnc1)Nc1ccc(NS(=O)(=O)c2cc(C(=O)NC3CCCNC3)c(Cl)cc2F)cc1. The lowest BCUT2D eigenvalue weighted by Crippen LogP contribution is -2.45. The number of nitrogens with one attached hydrogen (secondary N) is 5. The fourth-order valence-electron chi connectivity index (χ4n) is 3.84. The summed E-state index contributed by atoms with van der Waals surface area (Å²) in [4.78, 5) is 28.1. The molecule has 2 aromatic carbocycles. The number of hydrogen-bond donors (Lipinski definition) is 5. The number of halogens is 2. The Morgan fingerprint density at radius 1 is 1.13 bits per heavy atom. The molecule has 4 rings (SSSR count). The molecule has 0 radical (unpaired) electrons. The summed E-state index contributed by atoms with van der Waals surface area (Å²) in [5.41, 5.74) is 1.22. The fraction of sp³-hybridized carbons (Fsp3) is 0.240. The first-order valence-electron chi connectivity index (χ1n) is 11.8. The minimum Gasteiger partial charge on any atom is -0.348 e. The van der Waals surface area contributed by atoms with Gasteiger partial charge in [-0.3, -0.25) is 14.5 Å². The van der Waals surface area contributed by atoms with Crippen molar-refractivity contribution >= 4 is 44.9 Å². The molecule has 10 nitrogen and oxygen atoms in total. The molecule has 1 unspecified atom stereocenters. The third-order valence-electron chi connectivity index (χ3n) is 5.76. The van der Waals surface area contributed by atoms with E-state index in [1.165, 1.54) is 24.3 Å². The number of anilines is 2. The zero-order valence-corrected chi connectivity index (χ0v) is 21.7. The average molecular weight is 561 g/mol. The van der Waals surface area contributed by atoms with E-state index in [2.05, 4.69) is 31.0 Å². The van der Waals surface area contributed by atoms with Crippen LogP contribution in [0.1, 0.15) is 28.8 Å². The molecule has 5 N–H and O–H groups in total. The van der Waals surface area contributed by atoms with Gasteiger partial charge in [-0.2, -0.15) is 0 Å². The summed E-state index contributed by atoms with van der Waals surface area (Å²) in [6, 6.07) is 10.5. The van der Waals surface area contributed by atoms with Gasteiger partial charge in [0, 0.05) is 42.9 Å². The first-order chi connectivity index (χ1) is 18.2. The molecular formula is C25H26ClFN6O4S. The van der Waals surface area contributed by atoms with Crippen molar-refractivity contribution in [2.75, 3.05) is 23.1 Å². The highest BCUT2D eigenvalue weighted by atomic mass is 35.5. The Hall–Kier alpha value is -3.74. The highest BCUT2D eigenvalue weighted by Crippen LogP contribution is 2.26. The number of benzene rings is 2. The summed E-state index contributed by atoms with van der Waals surface area (Å²) in [7, 11) is -4.41. The maximum atomic E-state index is 14.6. The molecule has 1 aromatic heterocycles. The Bertz CT molecular complexity index is 1400. The number of nitrogens with zero attached hydrogens (tertiary/aromatic N) is 1. The Balaban J connectivity index is 1.41. The Morgan fingerprint density at radius 3 is 2.58 bits per heavy atom. The lowest BCUT2D eigenvalue weighted by atomic mass is 10.1. The van der Waals surface area contributed by atoms with Gasteiger partial charge in [0.05, 0.1) is 10.6 Å². The molecule has 3 aromatic rings. The molecule has 1 atom stereocenters. The Kier molecular flexibility index (Phi) is 8.77.